The Kier molecular flexibility index (Phi) is 6.11. The molecular weight excluding hydrogens is 354 g/mol. The number of para-hydroxylation sites is 1. The van der Waals surface area contributed by atoms with Crippen molar-refractivity contribution in [2.45, 2.75) is 38.5 Å². The second kappa shape index (κ2) is 8.54. The van der Waals surface area contributed by atoms with E-state index in [1.54, 1.807) is 18.9 Å². The van der Waals surface area contributed by atoms with Gasteiger partial charge >= 0.3 is 0 Å². The van der Waals surface area contributed by atoms with E-state index in [-0.39, 0.29) is 11.8 Å². The molecule has 28 heavy (non-hydrogen) atoms. The number of nitrogens with zero attached hydrogens (tertiary/aromatic N) is 1. The van der Waals surface area contributed by atoms with Crippen LogP contribution in [0.15, 0.2) is 48.5 Å². The van der Waals surface area contributed by atoms with Crippen LogP contribution >= 0.6 is 0 Å². The lowest BCUT2D eigenvalue weighted by molar-refractivity contribution is -0.128. The average Bonchev–Trinajstić information content (AvgIpc) is 2.81. The van der Waals surface area contributed by atoms with Crippen LogP contribution in [0.4, 0.5) is 5.69 Å². The Morgan fingerprint density at radius 2 is 1.79 bits per heavy atom. The lowest BCUT2D eigenvalue weighted by atomic mass is 9.95. The number of hydrogen-bond acceptors (Lipinski definition) is 4. The zero-order valence-corrected chi connectivity index (χ0v) is 16.5. The maximum absolute atomic E-state index is 13.2. The molecule has 0 aliphatic carbocycles. The SMILES string of the molecule is CCC(O)CNC(C)C(=O)NC1C(=O)N(C)c2ccccc2-c2ccccc21. The summed E-state index contributed by atoms with van der Waals surface area (Å²) < 4.78 is 0. The third-order valence-electron chi connectivity index (χ3n) is 5.22. The summed E-state index contributed by atoms with van der Waals surface area (Å²) in [6.45, 7) is 3.93. The third-order valence-corrected chi connectivity index (χ3v) is 5.22. The van der Waals surface area contributed by atoms with Crippen LogP contribution < -0.4 is 15.5 Å². The molecule has 6 heteroatoms. The van der Waals surface area contributed by atoms with E-state index in [4.69, 9.17) is 0 Å². The topological polar surface area (TPSA) is 81.7 Å². The number of rotatable bonds is 6. The number of benzene rings is 2. The number of carbonyl (C=O) groups is 2. The summed E-state index contributed by atoms with van der Waals surface area (Å²) >= 11 is 0. The molecule has 148 valence electrons. The first kappa shape index (κ1) is 20.0. The largest absolute Gasteiger partial charge is 0.392 e. The molecule has 1 aliphatic rings. The fourth-order valence-electron chi connectivity index (χ4n) is 3.39. The highest BCUT2D eigenvalue weighted by molar-refractivity contribution is 6.06. The van der Waals surface area contributed by atoms with Crippen LogP contribution in [-0.2, 0) is 9.59 Å². The van der Waals surface area contributed by atoms with Crippen molar-refractivity contribution in [3.8, 4) is 11.1 Å². The molecule has 0 bridgehead atoms. The lowest BCUT2D eigenvalue weighted by Crippen LogP contribution is -2.48. The fraction of sp³-hybridized carbons (Fsp3) is 0.364. The predicted molar refractivity (Wildman–Crippen MR) is 110 cm³/mol. The van der Waals surface area contributed by atoms with Gasteiger partial charge in [0.1, 0.15) is 6.04 Å². The molecule has 0 saturated carbocycles. The van der Waals surface area contributed by atoms with Crippen LogP contribution in [0, 0.1) is 0 Å². The zero-order chi connectivity index (χ0) is 20.3. The Balaban J connectivity index is 1.89. The number of carbonyl (C=O) groups excluding carboxylic acids is 2. The molecular formula is C22H27N3O3. The Morgan fingerprint density at radius 3 is 2.50 bits per heavy atom. The van der Waals surface area contributed by atoms with E-state index in [9.17, 15) is 14.7 Å². The lowest BCUT2D eigenvalue weighted by Gasteiger charge is -2.24. The van der Waals surface area contributed by atoms with E-state index < -0.39 is 18.2 Å². The standard InChI is InChI=1S/C22H27N3O3/c1-4-15(26)13-23-14(2)21(27)24-20-18-11-6-5-9-16(18)17-10-7-8-12-19(17)25(3)22(20)28/h5-12,14-15,20,23,26H,4,13H2,1-3H3,(H,24,27). The van der Waals surface area contributed by atoms with Crippen LogP contribution in [0.1, 0.15) is 31.9 Å². The van der Waals surface area contributed by atoms with Crippen LogP contribution in [0.5, 0.6) is 0 Å². The smallest absolute Gasteiger partial charge is 0.253 e. The highest BCUT2D eigenvalue weighted by Gasteiger charge is 2.33. The molecule has 0 radical (unpaired) electrons. The molecule has 2 aromatic rings. The number of nitrogens with one attached hydrogen (secondary N) is 2. The molecule has 1 heterocycles. The van der Waals surface area contributed by atoms with Gasteiger partial charge in [0.25, 0.3) is 5.91 Å². The first-order valence-electron chi connectivity index (χ1n) is 9.61. The summed E-state index contributed by atoms with van der Waals surface area (Å²) in [6, 6.07) is 14.1. The van der Waals surface area contributed by atoms with Crippen LogP contribution in [0.25, 0.3) is 11.1 Å². The van der Waals surface area contributed by atoms with Crippen molar-refractivity contribution in [2.24, 2.45) is 0 Å². The van der Waals surface area contributed by atoms with E-state index in [1.807, 2.05) is 55.5 Å². The number of amides is 2. The zero-order valence-electron chi connectivity index (χ0n) is 16.5. The maximum Gasteiger partial charge on any atom is 0.253 e. The van der Waals surface area contributed by atoms with Gasteiger partial charge in [-0.05, 0) is 30.5 Å². The van der Waals surface area contributed by atoms with Gasteiger partial charge in [0.05, 0.1) is 17.8 Å². The molecule has 3 unspecified atom stereocenters. The molecule has 0 spiro atoms. The summed E-state index contributed by atoms with van der Waals surface area (Å²) in [5, 5.41) is 15.6. The first-order chi connectivity index (χ1) is 13.4. The van der Waals surface area contributed by atoms with Crippen LogP contribution in [-0.4, -0.2) is 42.7 Å². The van der Waals surface area contributed by atoms with Gasteiger partial charge in [0, 0.05) is 19.2 Å². The summed E-state index contributed by atoms with van der Waals surface area (Å²) in [5.41, 5.74) is 3.48. The van der Waals surface area contributed by atoms with Gasteiger partial charge in [-0.3, -0.25) is 9.59 Å². The third kappa shape index (κ3) is 3.93. The molecule has 3 N–H and O–H groups in total. The first-order valence-corrected chi connectivity index (χ1v) is 9.61. The van der Waals surface area contributed by atoms with Gasteiger partial charge in [0.15, 0.2) is 0 Å². The monoisotopic (exact) mass is 381 g/mol. The second-order valence-corrected chi connectivity index (χ2v) is 7.14. The quantitative estimate of drug-likeness (QED) is 0.717. The van der Waals surface area contributed by atoms with Gasteiger partial charge in [-0.1, -0.05) is 49.4 Å². The van der Waals surface area contributed by atoms with E-state index in [0.717, 1.165) is 22.4 Å². The van der Waals surface area contributed by atoms with Crippen molar-refractivity contribution < 1.29 is 14.7 Å². The number of aliphatic hydroxyl groups excluding tert-OH is 1. The summed E-state index contributed by atoms with van der Waals surface area (Å²) in [5.74, 6) is -0.470. The van der Waals surface area contributed by atoms with E-state index in [1.165, 1.54) is 0 Å². The number of likely N-dealkylation sites (N-methyl/N-ethyl adjacent to an activating group) is 1. The van der Waals surface area contributed by atoms with Crippen molar-refractivity contribution in [2.75, 3.05) is 18.5 Å². The van der Waals surface area contributed by atoms with Crippen LogP contribution in [0.3, 0.4) is 0 Å². The number of fused-ring (bicyclic) bond motifs is 3. The van der Waals surface area contributed by atoms with Gasteiger partial charge in [-0.15, -0.1) is 0 Å². The highest BCUT2D eigenvalue weighted by atomic mass is 16.3. The molecule has 2 amide bonds. The van der Waals surface area contributed by atoms with Crippen molar-refractivity contribution in [3.63, 3.8) is 0 Å². The molecule has 0 aromatic heterocycles. The summed E-state index contributed by atoms with van der Waals surface area (Å²) in [7, 11) is 1.73. The number of aliphatic hydroxyl groups is 1. The second-order valence-electron chi connectivity index (χ2n) is 7.14. The normalized spacial score (nSPS) is 17.9. The Hall–Kier alpha value is -2.70. The van der Waals surface area contributed by atoms with E-state index in [2.05, 4.69) is 10.6 Å². The summed E-state index contributed by atoms with van der Waals surface area (Å²) in [4.78, 5) is 27.5. The van der Waals surface area contributed by atoms with Crippen LogP contribution in [0.2, 0.25) is 0 Å². The van der Waals surface area contributed by atoms with Crippen molar-refractivity contribution >= 4 is 17.5 Å². The van der Waals surface area contributed by atoms with Gasteiger partial charge in [-0.25, -0.2) is 0 Å². The Bertz CT molecular complexity index is 868. The maximum atomic E-state index is 13.2. The highest BCUT2D eigenvalue weighted by Crippen LogP contribution is 2.39. The molecule has 0 fully saturated rings. The van der Waals surface area contributed by atoms with Crippen molar-refractivity contribution in [1.29, 1.82) is 0 Å². The molecule has 2 aromatic carbocycles. The van der Waals surface area contributed by atoms with Crippen molar-refractivity contribution in [3.05, 3.63) is 54.1 Å². The van der Waals surface area contributed by atoms with Gasteiger partial charge < -0.3 is 20.6 Å². The van der Waals surface area contributed by atoms with E-state index >= 15 is 0 Å². The molecule has 6 nitrogen and oxygen atoms in total. The molecule has 0 saturated heterocycles. The number of hydrogen-bond donors (Lipinski definition) is 3. The molecule has 3 rings (SSSR count). The summed E-state index contributed by atoms with van der Waals surface area (Å²) in [6.07, 6.45) is 0.106. The fourth-order valence-corrected chi connectivity index (χ4v) is 3.39. The van der Waals surface area contributed by atoms with Gasteiger partial charge in [0.2, 0.25) is 5.91 Å². The number of anilines is 1. The minimum absolute atomic E-state index is 0.188. The van der Waals surface area contributed by atoms with E-state index in [0.29, 0.717) is 13.0 Å². The molecule has 3 atom stereocenters. The Labute approximate surface area is 165 Å². The van der Waals surface area contributed by atoms with Gasteiger partial charge in [-0.2, -0.15) is 0 Å². The molecule has 1 aliphatic heterocycles. The minimum atomic E-state index is -0.776. The van der Waals surface area contributed by atoms with Crippen molar-refractivity contribution in [1.82, 2.24) is 10.6 Å². The predicted octanol–water partition coefficient (Wildman–Crippen LogP) is 2.24. The average molecular weight is 381 g/mol. The Morgan fingerprint density at radius 1 is 1.14 bits per heavy atom. The minimum Gasteiger partial charge on any atom is -0.392 e.